The Labute approximate surface area is 113 Å². The smallest absolute Gasteiger partial charge is 0.271 e. The Kier molecular flexibility index (Phi) is 3.51. The van der Waals surface area contributed by atoms with Gasteiger partial charge in [0.25, 0.3) is 5.69 Å². The lowest BCUT2D eigenvalue weighted by atomic mass is 10.1. The Bertz CT molecular complexity index is 690. The first-order chi connectivity index (χ1) is 9.40. The zero-order valence-electron chi connectivity index (χ0n) is 10.5. The Morgan fingerprint density at radius 3 is 2.55 bits per heavy atom. The number of nitrogen functional groups attached to an aromatic ring is 1. The molecule has 0 saturated heterocycles. The van der Waals surface area contributed by atoms with E-state index >= 15 is 0 Å². The summed E-state index contributed by atoms with van der Waals surface area (Å²) < 4.78 is 27.4. The summed E-state index contributed by atoms with van der Waals surface area (Å²) >= 11 is 0. The zero-order chi connectivity index (χ0) is 14.9. The lowest BCUT2D eigenvalue weighted by molar-refractivity contribution is -0.384. The molecule has 0 fully saturated rings. The highest BCUT2D eigenvalue weighted by molar-refractivity contribution is 5.75. The number of nitrogens with zero attached hydrogens (tertiary/aromatic N) is 1. The molecule has 3 N–H and O–H groups in total. The lowest BCUT2D eigenvalue weighted by Gasteiger charge is -2.12. The molecule has 0 amide bonds. The fourth-order valence-corrected chi connectivity index (χ4v) is 1.68. The topological polar surface area (TPSA) is 81.2 Å². The summed E-state index contributed by atoms with van der Waals surface area (Å²) in [6.45, 7) is 1.50. The standard InChI is InChI=1S/C13H11F2N3O2/c1-7-2-4-9(14)13(12(7)15)17-11-5-3-8(18(19)20)6-10(11)16/h2-6,17H,16H2,1H3. The molecule has 104 valence electrons. The van der Waals surface area contributed by atoms with Crippen LogP contribution in [0.4, 0.5) is 31.5 Å². The predicted molar refractivity (Wildman–Crippen MR) is 71.9 cm³/mol. The maximum atomic E-state index is 13.8. The average Bonchev–Trinajstić information content (AvgIpc) is 2.40. The summed E-state index contributed by atoms with van der Waals surface area (Å²) in [6.07, 6.45) is 0. The molecule has 0 bridgehead atoms. The number of rotatable bonds is 3. The molecule has 0 aliphatic carbocycles. The molecule has 0 aromatic heterocycles. The second-order valence-electron chi connectivity index (χ2n) is 4.21. The third kappa shape index (κ3) is 2.51. The van der Waals surface area contributed by atoms with Gasteiger partial charge in [-0.25, -0.2) is 8.78 Å². The van der Waals surface area contributed by atoms with Crippen LogP contribution in [0.3, 0.4) is 0 Å². The molecule has 2 rings (SSSR count). The van der Waals surface area contributed by atoms with E-state index in [0.717, 1.165) is 12.1 Å². The van der Waals surface area contributed by atoms with E-state index in [0.29, 0.717) is 0 Å². The minimum atomic E-state index is -0.772. The number of nitro groups is 1. The third-order valence-corrected chi connectivity index (χ3v) is 2.79. The predicted octanol–water partition coefficient (Wildman–Crippen LogP) is 3.51. The monoisotopic (exact) mass is 279 g/mol. The highest BCUT2D eigenvalue weighted by Gasteiger charge is 2.14. The van der Waals surface area contributed by atoms with Crippen LogP contribution in [0, 0.1) is 28.7 Å². The Hall–Kier alpha value is -2.70. The van der Waals surface area contributed by atoms with Crippen molar-refractivity contribution in [2.24, 2.45) is 0 Å². The number of aryl methyl sites for hydroxylation is 1. The van der Waals surface area contributed by atoms with Crippen LogP contribution in [0.25, 0.3) is 0 Å². The van der Waals surface area contributed by atoms with E-state index in [1.807, 2.05) is 0 Å². The zero-order valence-corrected chi connectivity index (χ0v) is 10.5. The molecule has 0 atom stereocenters. The summed E-state index contributed by atoms with van der Waals surface area (Å²) in [5.41, 5.74) is 5.59. The van der Waals surface area contributed by atoms with E-state index in [1.165, 1.54) is 25.1 Å². The lowest BCUT2D eigenvalue weighted by Crippen LogP contribution is -2.02. The maximum Gasteiger partial charge on any atom is 0.271 e. The number of hydrogen-bond donors (Lipinski definition) is 2. The van der Waals surface area contributed by atoms with Crippen molar-refractivity contribution in [1.29, 1.82) is 0 Å². The van der Waals surface area contributed by atoms with Crippen LogP contribution in [-0.2, 0) is 0 Å². The van der Waals surface area contributed by atoms with Crippen LogP contribution in [0.5, 0.6) is 0 Å². The highest BCUT2D eigenvalue weighted by Crippen LogP contribution is 2.30. The number of benzene rings is 2. The first-order valence-electron chi connectivity index (χ1n) is 5.65. The highest BCUT2D eigenvalue weighted by atomic mass is 19.1. The van der Waals surface area contributed by atoms with Crippen LogP contribution in [0.15, 0.2) is 30.3 Å². The summed E-state index contributed by atoms with van der Waals surface area (Å²) in [4.78, 5) is 9.98. The average molecular weight is 279 g/mol. The van der Waals surface area contributed by atoms with Gasteiger partial charge in [-0.2, -0.15) is 0 Å². The first kappa shape index (κ1) is 13.7. The molecular weight excluding hydrogens is 268 g/mol. The fraction of sp³-hybridized carbons (Fsp3) is 0.0769. The van der Waals surface area contributed by atoms with Crippen molar-refractivity contribution in [3.8, 4) is 0 Å². The van der Waals surface area contributed by atoms with Gasteiger partial charge in [-0.1, -0.05) is 6.07 Å². The number of non-ortho nitro benzene ring substituents is 1. The largest absolute Gasteiger partial charge is 0.397 e. The number of halogens is 2. The van der Waals surface area contributed by atoms with Gasteiger partial charge in [-0.15, -0.1) is 0 Å². The van der Waals surface area contributed by atoms with Crippen molar-refractivity contribution >= 4 is 22.7 Å². The number of hydrogen-bond acceptors (Lipinski definition) is 4. The molecule has 7 heteroatoms. The van der Waals surface area contributed by atoms with Crippen LogP contribution in [-0.4, -0.2) is 4.92 Å². The molecule has 2 aromatic rings. The Balaban J connectivity index is 2.41. The number of nitrogens with two attached hydrogens (primary N) is 1. The summed E-state index contributed by atoms with van der Waals surface area (Å²) in [7, 11) is 0. The van der Waals surface area contributed by atoms with Gasteiger partial charge >= 0.3 is 0 Å². The van der Waals surface area contributed by atoms with E-state index in [2.05, 4.69) is 5.32 Å². The van der Waals surface area contributed by atoms with Crippen LogP contribution in [0.1, 0.15) is 5.56 Å². The van der Waals surface area contributed by atoms with Crippen molar-refractivity contribution in [2.45, 2.75) is 6.92 Å². The number of anilines is 3. The molecule has 0 aliphatic rings. The SMILES string of the molecule is Cc1ccc(F)c(Nc2ccc([N+](=O)[O-])cc2N)c1F. The van der Waals surface area contributed by atoms with Gasteiger partial charge in [0.2, 0.25) is 0 Å². The quantitative estimate of drug-likeness (QED) is 0.512. The molecule has 5 nitrogen and oxygen atoms in total. The molecule has 20 heavy (non-hydrogen) atoms. The van der Waals surface area contributed by atoms with Gasteiger partial charge in [0.15, 0.2) is 5.82 Å². The van der Waals surface area contributed by atoms with E-state index < -0.39 is 16.6 Å². The molecule has 0 radical (unpaired) electrons. The van der Waals surface area contributed by atoms with Gasteiger partial charge < -0.3 is 11.1 Å². The van der Waals surface area contributed by atoms with Crippen molar-refractivity contribution < 1.29 is 13.7 Å². The molecule has 0 spiro atoms. The fourth-order valence-electron chi connectivity index (χ4n) is 1.68. The van der Waals surface area contributed by atoms with Crippen LogP contribution >= 0.6 is 0 Å². The second-order valence-corrected chi connectivity index (χ2v) is 4.21. The third-order valence-electron chi connectivity index (χ3n) is 2.79. The molecular formula is C13H11F2N3O2. The van der Waals surface area contributed by atoms with Crippen molar-refractivity contribution in [1.82, 2.24) is 0 Å². The minimum Gasteiger partial charge on any atom is -0.397 e. The van der Waals surface area contributed by atoms with E-state index in [-0.39, 0.29) is 28.3 Å². The Morgan fingerprint density at radius 1 is 1.25 bits per heavy atom. The summed E-state index contributed by atoms with van der Waals surface area (Å²) in [5.74, 6) is -1.51. The van der Waals surface area contributed by atoms with E-state index in [9.17, 15) is 18.9 Å². The number of nitro benzene ring substituents is 1. The van der Waals surface area contributed by atoms with Crippen LogP contribution in [0.2, 0.25) is 0 Å². The van der Waals surface area contributed by atoms with Gasteiger partial charge in [-0.05, 0) is 24.6 Å². The van der Waals surface area contributed by atoms with Crippen molar-refractivity contribution in [2.75, 3.05) is 11.1 Å². The molecule has 2 aromatic carbocycles. The molecule has 0 heterocycles. The Morgan fingerprint density at radius 2 is 1.95 bits per heavy atom. The normalized spacial score (nSPS) is 10.3. The minimum absolute atomic E-state index is 0.0273. The van der Waals surface area contributed by atoms with E-state index in [4.69, 9.17) is 5.73 Å². The second kappa shape index (κ2) is 5.12. The van der Waals surface area contributed by atoms with Crippen LogP contribution < -0.4 is 11.1 Å². The molecule has 0 unspecified atom stereocenters. The molecule has 0 saturated carbocycles. The summed E-state index contributed by atoms with van der Waals surface area (Å²) in [6, 6.07) is 6.06. The summed E-state index contributed by atoms with van der Waals surface area (Å²) in [5, 5.41) is 13.1. The van der Waals surface area contributed by atoms with Gasteiger partial charge in [0.1, 0.15) is 11.5 Å². The van der Waals surface area contributed by atoms with Crippen molar-refractivity contribution in [3.63, 3.8) is 0 Å². The number of nitrogens with one attached hydrogen (secondary N) is 1. The van der Waals surface area contributed by atoms with Gasteiger partial charge in [0, 0.05) is 12.1 Å². The molecule has 0 aliphatic heterocycles. The van der Waals surface area contributed by atoms with E-state index in [1.54, 1.807) is 0 Å². The maximum absolute atomic E-state index is 13.8. The van der Waals surface area contributed by atoms with Gasteiger partial charge in [0.05, 0.1) is 16.3 Å². The van der Waals surface area contributed by atoms with Crippen molar-refractivity contribution in [3.05, 3.63) is 57.6 Å². The van der Waals surface area contributed by atoms with Gasteiger partial charge in [-0.3, -0.25) is 10.1 Å². The first-order valence-corrected chi connectivity index (χ1v) is 5.65.